The van der Waals surface area contributed by atoms with E-state index in [9.17, 15) is 4.79 Å². The molecule has 0 spiro atoms. The van der Waals surface area contributed by atoms with Crippen molar-refractivity contribution in [1.29, 1.82) is 0 Å². The van der Waals surface area contributed by atoms with Crippen molar-refractivity contribution in [1.82, 2.24) is 4.98 Å². The van der Waals surface area contributed by atoms with Gasteiger partial charge in [-0.1, -0.05) is 6.42 Å². The average Bonchev–Trinajstić information content (AvgIpc) is 2.95. The third-order valence-corrected chi connectivity index (χ3v) is 5.03. The molecule has 1 heterocycles. The highest BCUT2D eigenvalue weighted by molar-refractivity contribution is 7.15. The average molecular weight is 250 g/mol. The topological polar surface area (TPSA) is 42.0 Å². The van der Waals surface area contributed by atoms with Crippen molar-refractivity contribution in [3.8, 4) is 0 Å². The second-order valence-corrected chi connectivity index (χ2v) is 6.70. The lowest BCUT2D eigenvalue weighted by atomic mass is 9.86. The summed E-state index contributed by atoms with van der Waals surface area (Å²) in [6.45, 7) is 2.00. The van der Waals surface area contributed by atoms with Crippen LogP contribution in [0, 0.1) is 24.7 Å². The predicted octanol–water partition coefficient (Wildman–Crippen LogP) is 3.22. The smallest absolute Gasteiger partial charge is 0.226 e. The highest BCUT2D eigenvalue weighted by Gasteiger charge is 2.40. The molecule has 2 bridgehead atoms. The molecular weight excluding hydrogens is 232 g/mol. The van der Waals surface area contributed by atoms with E-state index >= 15 is 0 Å². The Hall–Kier alpha value is -0.900. The van der Waals surface area contributed by atoms with Gasteiger partial charge in [-0.3, -0.25) is 4.79 Å². The van der Waals surface area contributed by atoms with Gasteiger partial charge in [0.25, 0.3) is 0 Å². The third kappa shape index (κ3) is 2.37. The normalized spacial score (nSPS) is 30.8. The fourth-order valence-electron chi connectivity index (χ4n) is 3.45. The minimum atomic E-state index is 0.150. The van der Waals surface area contributed by atoms with Crippen molar-refractivity contribution in [3.05, 3.63) is 11.1 Å². The molecule has 1 aromatic heterocycles. The van der Waals surface area contributed by atoms with Gasteiger partial charge in [-0.2, -0.15) is 0 Å². The van der Waals surface area contributed by atoms with E-state index in [1.54, 1.807) is 17.5 Å². The van der Waals surface area contributed by atoms with Gasteiger partial charge in [-0.05, 0) is 43.9 Å². The highest BCUT2D eigenvalue weighted by atomic mass is 32.1. The number of anilines is 1. The van der Waals surface area contributed by atoms with Crippen LogP contribution in [0.15, 0.2) is 6.20 Å². The van der Waals surface area contributed by atoms with Crippen LogP contribution in [0.4, 0.5) is 5.13 Å². The maximum absolute atomic E-state index is 11.9. The molecule has 1 N–H and O–H groups in total. The van der Waals surface area contributed by atoms with Gasteiger partial charge >= 0.3 is 0 Å². The maximum atomic E-state index is 11.9. The molecule has 2 fully saturated rings. The Morgan fingerprint density at radius 2 is 2.41 bits per heavy atom. The molecule has 1 amide bonds. The number of aromatic nitrogens is 1. The molecule has 0 aliphatic heterocycles. The molecule has 0 radical (unpaired) electrons. The van der Waals surface area contributed by atoms with E-state index in [1.165, 1.54) is 25.7 Å². The number of rotatable bonds is 3. The molecular formula is C13H18N2OS. The zero-order chi connectivity index (χ0) is 11.8. The summed E-state index contributed by atoms with van der Waals surface area (Å²) in [6.07, 6.45) is 7.88. The predicted molar refractivity (Wildman–Crippen MR) is 69.0 cm³/mol. The molecule has 0 unspecified atom stereocenters. The van der Waals surface area contributed by atoms with Gasteiger partial charge in [0.2, 0.25) is 5.91 Å². The number of amides is 1. The quantitative estimate of drug-likeness (QED) is 0.895. The summed E-state index contributed by atoms with van der Waals surface area (Å²) in [4.78, 5) is 17.2. The summed E-state index contributed by atoms with van der Waals surface area (Å²) in [7, 11) is 0. The second-order valence-electron chi connectivity index (χ2n) is 5.46. The second kappa shape index (κ2) is 4.41. The molecule has 2 saturated carbocycles. The van der Waals surface area contributed by atoms with Crippen molar-refractivity contribution in [2.75, 3.05) is 5.32 Å². The molecule has 0 saturated heterocycles. The van der Waals surface area contributed by atoms with E-state index in [2.05, 4.69) is 10.3 Å². The number of thiazole rings is 1. The number of carbonyl (C=O) groups is 1. The third-order valence-electron chi connectivity index (χ3n) is 4.20. The molecule has 17 heavy (non-hydrogen) atoms. The van der Waals surface area contributed by atoms with Crippen molar-refractivity contribution in [3.63, 3.8) is 0 Å². The molecule has 3 nitrogen and oxygen atoms in total. The number of fused-ring (bicyclic) bond motifs is 2. The first kappa shape index (κ1) is 11.2. The van der Waals surface area contributed by atoms with Crippen molar-refractivity contribution in [2.24, 2.45) is 17.8 Å². The van der Waals surface area contributed by atoms with Gasteiger partial charge in [0.15, 0.2) is 5.13 Å². The number of carbonyl (C=O) groups excluding carboxylic acids is 1. The molecule has 2 aliphatic carbocycles. The fourth-order valence-corrected chi connectivity index (χ4v) is 4.13. The number of hydrogen-bond acceptors (Lipinski definition) is 3. The van der Waals surface area contributed by atoms with E-state index < -0.39 is 0 Å². The Kier molecular flexibility index (Phi) is 2.90. The number of nitrogens with zero attached hydrogens (tertiary/aromatic N) is 1. The Labute approximate surface area is 106 Å². The van der Waals surface area contributed by atoms with Crippen molar-refractivity contribution in [2.45, 2.75) is 39.0 Å². The lowest BCUT2D eigenvalue weighted by Crippen LogP contribution is -2.20. The zero-order valence-corrected chi connectivity index (χ0v) is 10.9. The van der Waals surface area contributed by atoms with E-state index in [0.717, 1.165) is 21.8 Å². The van der Waals surface area contributed by atoms with Crippen LogP contribution >= 0.6 is 11.3 Å². The fraction of sp³-hybridized carbons (Fsp3) is 0.692. The lowest BCUT2D eigenvalue weighted by Gasteiger charge is -2.20. The van der Waals surface area contributed by atoms with E-state index in [-0.39, 0.29) is 5.91 Å². The molecule has 0 aromatic carbocycles. The van der Waals surface area contributed by atoms with E-state index in [4.69, 9.17) is 0 Å². The van der Waals surface area contributed by atoms with E-state index in [0.29, 0.717) is 12.3 Å². The molecule has 4 heteroatoms. The molecule has 2 aliphatic rings. The SMILES string of the molecule is Cc1cnc(NC(=O)C[C@H]2C[C@H]3CC[C@H]2C3)s1. The van der Waals surface area contributed by atoms with Crippen LogP contribution in [0.5, 0.6) is 0 Å². The molecule has 92 valence electrons. The minimum Gasteiger partial charge on any atom is -0.302 e. The summed E-state index contributed by atoms with van der Waals surface area (Å²) in [6, 6.07) is 0. The Morgan fingerprint density at radius 1 is 1.53 bits per heavy atom. The van der Waals surface area contributed by atoms with Gasteiger partial charge in [0.1, 0.15) is 0 Å². The standard InChI is InChI=1S/C13H18N2OS/c1-8-7-14-13(17-8)15-12(16)6-11-5-9-2-3-10(11)4-9/h7,9-11H,2-6H2,1H3,(H,14,15,16)/t9-,10-,11+/m0/s1. The lowest BCUT2D eigenvalue weighted by molar-refractivity contribution is -0.117. The van der Waals surface area contributed by atoms with Gasteiger partial charge in [-0.15, -0.1) is 11.3 Å². The summed E-state index contributed by atoms with van der Waals surface area (Å²) in [5.41, 5.74) is 0. The zero-order valence-electron chi connectivity index (χ0n) is 10.1. The van der Waals surface area contributed by atoms with Crippen LogP contribution in [0.25, 0.3) is 0 Å². The maximum Gasteiger partial charge on any atom is 0.226 e. The summed E-state index contributed by atoms with van der Waals surface area (Å²) in [5.74, 6) is 2.52. The van der Waals surface area contributed by atoms with Crippen LogP contribution in [-0.4, -0.2) is 10.9 Å². The van der Waals surface area contributed by atoms with Gasteiger partial charge in [-0.25, -0.2) is 4.98 Å². The number of nitrogens with one attached hydrogen (secondary N) is 1. The summed E-state index contributed by atoms with van der Waals surface area (Å²) >= 11 is 1.55. The summed E-state index contributed by atoms with van der Waals surface area (Å²) in [5, 5.41) is 3.66. The Balaban J connectivity index is 1.54. The van der Waals surface area contributed by atoms with Gasteiger partial charge in [0, 0.05) is 17.5 Å². The van der Waals surface area contributed by atoms with Crippen molar-refractivity contribution < 1.29 is 4.79 Å². The Bertz CT molecular complexity index is 429. The van der Waals surface area contributed by atoms with Crippen LogP contribution < -0.4 is 5.32 Å². The van der Waals surface area contributed by atoms with Crippen molar-refractivity contribution >= 4 is 22.4 Å². The van der Waals surface area contributed by atoms with Crippen LogP contribution in [-0.2, 0) is 4.79 Å². The first-order chi connectivity index (χ1) is 8.20. The van der Waals surface area contributed by atoms with Crippen LogP contribution in [0.1, 0.15) is 37.0 Å². The van der Waals surface area contributed by atoms with Gasteiger partial charge in [0.05, 0.1) is 0 Å². The minimum absolute atomic E-state index is 0.150. The first-order valence-corrected chi connectivity index (χ1v) is 7.24. The number of hydrogen-bond donors (Lipinski definition) is 1. The largest absolute Gasteiger partial charge is 0.302 e. The van der Waals surface area contributed by atoms with Gasteiger partial charge < -0.3 is 5.32 Å². The summed E-state index contributed by atoms with van der Waals surface area (Å²) < 4.78 is 0. The molecule has 1 aromatic rings. The number of aryl methyl sites for hydroxylation is 1. The highest BCUT2D eigenvalue weighted by Crippen LogP contribution is 2.49. The van der Waals surface area contributed by atoms with Crippen LogP contribution in [0.2, 0.25) is 0 Å². The van der Waals surface area contributed by atoms with E-state index in [1.807, 2.05) is 6.92 Å². The molecule has 3 atom stereocenters. The monoisotopic (exact) mass is 250 g/mol. The Morgan fingerprint density at radius 3 is 3.00 bits per heavy atom. The molecule has 3 rings (SSSR count). The van der Waals surface area contributed by atoms with Crippen LogP contribution in [0.3, 0.4) is 0 Å². The first-order valence-electron chi connectivity index (χ1n) is 6.43.